The Morgan fingerprint density at radius 3 is 1.78 bits per heavy atom. The van der Waals surface area contributed by atoms with Crippen LogP contribution in [0, 0.1) is 5.41 Å². The first-order valence-electron chi connectivity index (χ1n) is 9.92. The zero-order valence-electron chi connectivity index (χ0n) is 16.0. The van der Waals surface area contributed by atoms with Crippen LogP contribution in [0.25, 0.3) is 0 Å². The molecule has 2 nitrogen and oxygen atoms in total. The van der Waals surface area contributed by atoms with Crippen molar-refractivity contribution in [3.63, 3.8) is 0 Å². The lowest BCUT2D eigenvalue weighted by atomic mass is 9.80. The van der Waals surface area contributed by atoms with Gasteiger partial charge in [-0.15, -0.1) is 6.58 Å². The normalized spacial score (nSPS) is 19.6. The third kappa shape index (κ3) is 8.91. The van der Waals surface area contributed by atoms with Gasteiger partial charge in [-0.3, -0.25) is 0 Å². The van der Waals surface area contributed by atoms with Crippen LogP contribution < -0.4 is 0 Å². The van der Waals surface area contributed by atoms with Gasteiger partial charge in [-0.05, 0) is 26.7 Å². The minimum atomic E-state index is -0.414. The van der Waals surface area contributed by atoms with Gasteiger partial charge < -0.3 is 9.47 Å². The molecule has 0 unspecified atom stereocenters. The Hall–Kier alpha value is -0.340. The van der Waals surface area contributed by atoms with E-state index >= 15 is 0 Å². The number of unbranched alkanes of at least 4 members (excludes halogenated alkanes) is 9. The molecular weight excluding hydrogens is 284 g/mol. The molecule has 1 rings (SSSR count). The van der Waals surface area contributed by atoms with Crippen molar-refractivity contribution in [2.75, 3.05) is 13.2 Å². The van der Waals surface area contributed by atoms with Gasteiger partial charge in [0, 0.05) is 5.41 Å². The van der Waals surface area contributed by atoms with E-state index in [1.54, 1.807) is 0 Å². The third-order valence-electron chi connectivity index (χ3n) is 5.09. The molecule has 0 aliphatic carbocycles. The first-order chi connectivity index (χ1) is 11.0. The van der Waals surface area contributed by atoms with E-state index in [0.717, 1.165) is 19.6 Å². The lowest BCUT2D eigenvalue weighted by molar-refractivity contribution is -0.286. The molecule has 0 aromatic heterocycles. The zero-order chi connectivity index (χ0) is 17.0. The summed E-state index contributed by atoms with van der Waals surface area (Å²) in [6.07, 6.45) is 18.1. The maximum atomic E-state index is 5.91. The van der Waals surface area contributed by atoms with Gasteiger partial charge in [0.15, 0.2) is 5.79 Å². The van der Waals surface area contributed by atoms with Crippen LogP contribution in [-0.2, 0) is 9.47 Å². The molecule has 1 saturated heterocycles. The van der Waals surface area contributed by atoms with Gasteiger partial charge in [0.1, 0.15) is 0 Å². The molecule has 0 amide bonds. The highest BCUT2D eigenvalue weighted by molar-refractivity contribution is 4.89. The molecule has 2 heteroatoms. The van der Waals surface area contributed by atoms with Gasteiger partial charge >= 0.3 is 0 Å². The van der Waals surface area contributed by atoms with E-state index in [-0.39, 0.29) is 5.41 Å². The maximum Gasteiger partial charge on any atom is 0.162 e. The van der Waals surface area contributed by atoms with Crippen LogP contribution in [0.1, 0.15) is 97.8 Å². The highest BCUT2D eigenvalue weighted by atomic mass is 16.7. The molecule has 0 bridgehead atoms. The van der Waals surface area contributed by atoms with Crippen LogP contribution in [0.5, 0.6) is 0 Å². The summed E-state index contributed by atoms with van der Waals surface area (Å²) in [5.41, 5.74) is 0.164. The molecule has 0 atom stereocenters. The predicted octanol–water partition coefficient (Wildman–Crippen LogP) is 6.64. The molecule has 23 heavy (non-hydrogen) atoms. The molecule has 1 fully saturated rings. The fraction of sp³-hybridized carbons (Fsp3) is 0.905. The first kappa shape index (κ1) is 20.7. The van der Waals surface area contributed by atoms with Crippen LogP contribution in [0.15, 0.2) is 12.7 Å². The van der Waals surface area contributed by atoms with E-state index in [9.17, 15) is 0 Å². The summed E-state index contributed by atoms with van der Waals surface area (Å²) in [5.74, 6) is -0.414. The van der Waals surface area contributed by atoms with E-state index in [4.69, 9.17) is 9.47 Å². The number of hydrogen-bond acceptors (Lipinski definition) is 2. The van der Waals surface area contributed by atoms with E-state index in [1.165, 1.54) is 70.6 Å². The minimum absolute atomic E-state index is 0.164. The van der Waals surface area contributed by atoms with Crippen LogP contribution in [0.4, 0.5) is 0 Å². The van der Waals surface area contributed by atoms with Gasteiger partial charge in [-0.25, -0.2) is 0 Å². The van der Waals surface area contributed by atoms with Crippen molar-refractivity contribution in [3.05, 3.63) is 12.7 Å². The Labute approximate surface area is 145 Å². The third-order valence-corrected chi connectivity index (χ3v) is 5.09. The Balaban J connectivity index is 2.09. The lowest BCUT2D eigenvalue weighted by Crippen LogP contribution is -2.46. The fourth-order valence-corrected chi connectivity index (χ4v) is 3.39. The molecule has 0 N–H and O–H groups in total. The fourth-order valence-electron chi connectivity index (χ4n) is 3.39. The number of ether oxygens (including phenoxy) is 2. The minimum Gasteiger partial charge on any atom is -0.350 e. The Bertz CT molecular complexity index is 299. The zero-order valence-corrected chi connectivity index (χ0v) is 16.0. The van der Waals surface area contributed by atoms with Crippen molar-refractivity contribution in [2.45, 2.75) is 104 Å². The molecule has 136 valence electrons. The lowest BCUT2D eigenvalue weighted by Gasteiger charge is -2.43. The predicted molar refractivity (Wildman–Crippen MR) is 99.7 cm³/mol. The van der Waals surface area contributed by atoms with E-state index < -0.39 is 5.79 Å². The standard InChI is InChI=1S/C21H40O2/c1-5-7-8-9-10-11-12-13-14-15-17-21(16-6-2)18-22-20(3,4)23-19-21/h6H,2,5,7-19H2,1,3-4H3. The molecule has 1 aliphatic heterocycles. The summed E-state index contributed by atoms with van der Waals surface area (Å²) < 4.78 is 11.8. The van der Waals surface area contributed by atoms with Crippen LogP contribution >= 0.6 is 0 Å². The Kier molecular flexibility index (Phi) is 10.1. The Morgan fingerprint density at radius 2 is 1.30 bits per heavy atom. The van der Waals surface area contributed by atoms with Crippen LogP contribution in [-0.4, -0.2) is 19.0 Å². The van der Waals surface area contributed by atoms with Gasteiger partial charge in [0.2, 0.25) is 0 Å². The summed E-state index contributed by atoms with van der Waals surface area (Å²) in [5, 5.41) is 0. The average Bonchev–Trinajstić information content (AvgIpc) is 2.52. The summed E-state index contributed by atoms with van der Waals surface area (Å²) in [7, 11) is 0. The van der Waals surface area contributed by atoms with Crippen molar-refractivity contribution in [1.29, 1.82) is 0 Å². The van der Waals surface area contributed by atoms with Gasteiger partial charge in [0.05, 0.1) is 13.2 Å². The summed E-state index contributed by atoms with van der Waals surface area (Å²) in [6, 6.07) is 0. The molecule has 0 spiro atoms. The number of rotatable bonds is 13. The van der Waals surface area contributed by atoms with Crippen molar-refractivity contribution in [2.24, 2.45) is 5.41 Å². The first-order valence-corrected chi connectivity index (χ1v) is 9.92. The van der Waals surface area contributed by atoms with E-state index in [2.05, 4.69) is 13.5 Å². The molecule has 1 heterocycles. The monoisotopic (exact) mass is 324 g/mol. The maximum absolute atomic E-state index is 5.91. The number of hydrogen-bond donors (Lipinski definition) is 0. The molecule has 0 saturated carbocycles. The van der Waals surface area contributed by atoms with Crippen LogP contribution in [0.3, 0.4) is 0 Å². The average molecular weight is 325 g/mol. The molecular formula is C21H40O2. The van der Waals surface area contributed by atoms with Crippen molar-refractivity contribution in [3.8, 4) is 0 Å². The second-order valence-corrected chi connectivity index (χ2v) is 7.90. The highest BCUT2D eigenvalue weighted by Gasteiger charge is 2.38. The SMILES string of the molecule is C=CCC1(CCCCCCCCCCCC)COC(C)(C)OC1. The van der Waals surface area contributed by atoms with Crippen molar-refractivity contribution < 1.29 is 9.47 Å². The summed E-state index contributed by atoms with van der Waals surface area (Å²) in [4.78, 5) is 0. The molecule has 0 aromatic rings. The van der Waals surface area contributed by atoms with Gasteiger partial charge in [-0.2, -0.15) is 0 Å². The van der Waals surface area contributed by atoms with E-state index in [1.807, 2.05) is 19.9 Å². The highest BCUT2D eigenvalue weighted by Crippen LogP contribution is 2.37. The van der Waals surface area contributed by atoms with E-state index in [0.29, 0.717) is 0 Å². The topological polar surface area (TPSA) is 18.5 Å². The quantitative estimate of drug-likeness (QED) is 0.279. The van der Waals surface area contributed by atoms with Crippen molar-refractivity contribution in [1.82, 2.24) is 0 Å². The summed E-state index contributed by atoms with van der Waals surface area (Å²) in [6.45, 7) is 11.8. The summed E-state index contributed by atoms with van der Waals surface area (Å²) >= 11 is 0. The second kappa shape index (κ2) is 11.3. The Morgan fingerprint density at radius 1 is 0.826 bits per heavy atom. The number of allylic oxidation sites excluding steroid dienone is 1. The molecule has 1 aliphatic rings. The van der Waals surface area contributed by atoms with Crippen LogP contribution in [0.2, 0.25) is 0 Å². The van der Waals surface area contributed by atoms with Gasteiger partial charge in [-0.1, -0.05) is 77.2 Å². The molecule has 0 radical (unpaired) electrons. The van der Waals surface area contributed by atoms with Gasteiger partial charge in [0.25, 0.3) is 0 Å². The largest absolute Gasteiger partial charge is 0.350 e. The molecule has 0 aromatic carbocycles. The van der Waals surface area contributed by atoms with Crippen molar-refractivity contribution >= 4 is 0 Å². The smallest absolute Gasteiger partial charge is 0.162 e. The second-order valence-electron chi connectivity index (χ2n) is 7.90.